The van der Waals surface area contributed by atoms with Crippen molar-refractivity contribution >= 4 is 5.91 Å². The molecule has 0 heterocycles. The molecule has 4 nitrogen and oxygen atoms in total. The average Bonchev–Trinajstić information content (AvgIpc) is 2.36. The number of nitrogens with one attached hydrogen (secondary N) is 1. The predicted octanol–water partition coefficient (Wildman–Crippen LogP) is 2.64. The van der Waals surface area contributed by atoms with Gasteiger partial charge >= 0.3 is 0 Å². The fraction of sp³-hybridized carbons (Fsp3) is 0.400. The molecule has 0 aliphatic rings. The van der Waals surface area contributed by atoms with E-state index in [2.05, 4.69) is 31.1 Å². The van der Waals surface area contributed by atoms with Gasteiger partial charge in [0, 0.05) is 18.1 Å². The van der Waals surface area contributed by atoms with E-state index in [1.165, 1.54) is 11.6 Å². The molecule has 1 rings (SSSR count). The van der Waals surface area contributed by atoms with E-state index in [1.807, 2.05) is 32.3 Å². The molecule has 0 spiro atoms. The highest BCUT2D eigenvalue weighted by molar-refractivity contribution is 5.85. The van der Waals surface area contributed by atoms with E-state index in [0.29, 0.717) is 4.59 Å². The van der Waals surface area contributed by atoms with Crippen molar-refractivity contribution in [1.82, 2.24) is 5.43 Å². The Labute approximate surface area is 115 Å². The summed E-state index contributed by atoms with van der Waals surface area (Å²) in [5, 5.41) is 0. The van der Waals surface area contributed by atoms with E-state index in [9.17, 15) is 4.79 Å². The van der Waals surface area contributed by atoms with Crippen LogP contribution >= 0.6 is 0 Å². The van der Waals surface area contributed by atoms with E-state index < -0.39 is 0 Å². The Balaban J connectivity index is 0.00000324. The summed E-state index contributed by atoms with van der Waals surface area (Å²) in [6.07, 6.45) is 3.41. The number of quaternary nitrogens is 1. The van der Waals surface area contributed by atoms with Crippen LogP contribution in [0.5, 0.6) is 0 Å². The summed E-state index contributed by atoms with van der Waals surface area (Å²) in [6, 6.07) is 10.6. The summed E-state index contributed by atoms with van der Waals surface area (Å²) in [7, 11) is 4.02. The molecule has 0 saturated heterocycles. The van der Waals surface area contributed by atoms with Crippen molar-refractivity contribution in [3.63, 3.8) is 0 Å². The highest BCUT2D eigenvalue weighted by Crippen LogP contribution is 2.27. The minimum absolute atomic E-state index is 0. The molecule has 0 saturated carbocycles. The fourth-order valence-electron chi connectivity index (χ4n) is 2.22. The van der Waals surface area contributed by atoms with Crippen LogP contribution in [0.1, 0.15) is 31.4 Å². The first-order chi connectivity index (χ1) is 8.51. The van der Waals surface area contributed by atoms with Crippen LogP contribution in [0.2, 0.25) is 0 Å². The van der Waals surface area contributed by atoms with Crippen LogP contribution in [0.3, 0.4) is 0 Å². The molecule has 106 valence electrons. The Bertz CT molecular complexity index is 402. The SMILES string of the molecule is C=CC(=O)N[N+](C)(C)C(CCC)c1ccccc1.[OH-]. The van der Waals surface area contributed by atoms with Crippen molar-refractivity contribution in [3.05, 3.63) is 48.6 Å². The van der Waals surface area contributed by atoms with Crippen molar-refractivity contribution in [2.75, 3.05) is 14.1 Å². The third-order valence-corrected chi connectivity index (χ3v) is 3.11. The molecule has 0 radical (unpaired) electrons. The van der Waals surface area contributed by atoms with Crippen LogP contribution in [0.15, 0.2) is 43.0 Å². The minimum atomic E-state index is -0.142. The lowest BCUT2D eigenvalue weighted by Crippen LogP contribution is -2.55. The van der Waals surface area contributed by atoms with E-state index in [-0.39, 0.29) is 17.4 Å². The molecular weight excluding hydrogens is 240 g/mol. The number of hydrogen-bond acceptors (Lipinski definition) is 2. The van der Waals surface area contributed by atoms with Gasteiger partial charge in [0.2, 0.25) is 0 Å². The number of hydrogen-bond donors (Lipinski definition) is 1. The monoisotopic (exact) mass is 264 g/mol. The molecule has 19 heavy (non-hydrogen) atoms. The zero-order valence-electron chi connectivity index (χ0n) is 12.0. The molecule has 2 N–H and O–H groups in total. The fourth-order valence-corrected chi connectivity index (χ4v) is 2.22. The Hall–Kier alpha value is -1.65. The van der Waals surface area contributed by atoms with Gasteiger partial charge in [0.15, 0.2) is 0 Å². The van der Waals surface area contributed by atoms with Gasteiger partial charge in [-0.15, -0.1) is 0 Å². The van der Waals surface area contributed by atoms with Gasteiger partial charge in [-0.1, -0.05) is 50.3 Å². The summed E-state index contributed by atoms with van der Waals surface area (Å²) in [4.78, 5) is 11.5. The number of benzene rings is 1. The zero-order valence-corrected chi connectivity index (χ0v) is 12.0. The summed E-state index contributed by atoms with van der Waals surface area (Å²) in [5.74, 6) is -0.142. The highest BCUT2D eigenvalue weighted by atomic mass is 16.2. The quantitative estimate of drug-likeness (QED) is 0.488. The molecule has 1 atom stereocenters. The van der Waals surface area contributed by atoms with Gasteiger partial charge in [0.05, 0.1) is 14.1 Å². The van der Waals surface area contributed by atoms with E-state index in [4.69, 9.17) is 0 Å². The highest BCUT2D eigenvalue weighted by Gasteiger charge is 2.30. The standard InChI is InChI=1S/C15H22N2O.H2O/c1-5-10-14(13-11-8-7-9-12-13)17(3,4)16-15(18)6-2;/h6-9,11-12,14H,2,5,10H2,1,3-4H3;1H2. The molecule has 1 unspecified atom stereocenters. The first-order valence-corrected chi connectivity index (χ1v) is 6.34. The van der Waals surface area contributed by atoms with Gasteiger partial charge < -0.3 is 5.48 Å². The maximum Gasteiger partial charge on any atom is 0.288 e. The van der Waals surface area contributed by atoms with E-state index in [1.54, 1.807) is 0 Å². The third kappa shape index (κ3) is 4.85. The minimum Gasteiger partial charge on any atom is -0.870 e. The molecule has 1 aromatic carbocycles. The van der Waals surface area contributed by atoms with Gasteiger partial charge in [0.1, 0.15) is 6.04 Å². The predicted molar refractivity (Wildman–Crippen MR) is 76.5 cm³/mol. The normalized spacial score (nSPS) is 12.2. The number of carbonyl (C=O) groups excluding carboxylic acids is 1. The Morgan fingerprint density at radius 1 is 1.37 bits per heavy atom. The van der Waals surface area contributed by atoms with Crippen LogP contribution in [-0.4, -0.2) is 30.1 Å². The van der Waals surface area contributed by atoms with Gasteiger partial charge in [-0.05, 0) is 0 Å². The first kappa shape index (κ1) is 17.4. The van der Waals surface area contributed by atoms with Gasteiger partial charge in [0.25, 0.3) is 5.91 Å². The van der Waals surface area contributed by atoms with Gasteiger partial charge in [-0.2, -0.15) is 5.43 Å². The second-order valence-electron chi connectivity index (χ2n) is 4.94. The zero-order chi connectivity index (χ0) is 13.6. The van der Waals surface area contributed by atoms with Gasteiger partial charge in [-0.25, -0.2) is 4.59 Å². The van der Waals surface area contributed by atoms with Crippen LogP contribution < -0.4 is 5.43 Å². The number of rotatable bonds is 6. The van der Waals surface area contributed by atoms with Crippen LogP contribution in [0.25, 0.3) is 0 Å². The number of amides is 1. The second-order valence-corrected chi connectivity index (χ2v) is 4.94. The molecule has 0 aliphatic carbocycles. The summed E-state index contributed by atoms with van der Waals surface area (Å²) in [5.41, 5.74) is 4.21. The maximum absolute atomic E-state index is 11.5. The third-order valence-electron chi connectivity index (χ3n) is 3.11. The Morgan fingerprint density at radius 2 is 1.95 bits per heavy atom. The lowest BCUT2D eigenvalue weighted by atomic mass is 10.0. The first-order valence-electron chi connectivity index (χ1n) is 6.34. The van der Waals surface area contributed by atoms with Crippen molar-refractivity contribution in [1.29, 1.82) is 0 Å². The molecule has 1 aromatic rings. The van der Waals surface area contributed by atoms with Crippen LogP contribution in [0, 0.1) is 0 Å². The second kappa shape index (κ2) is 7.71. The number of nitrogens with zero attached hydrogens (tertiary/aromatic N) is 1. The Morgan fingerprint density at radius 3 is 2.42 bits per heavy atom. The Kier molecular flexibility index (Phi) is 7.04. The molecule has 4 heteroatoms. The molecule has 0 aliphatic heterocycles. The molecular formula is C15H24N2O2. The number of carbonyl (C=O) groups is 1. The molecule has 1 amide bonds. The van der Waals surface area contributed by atoms with Gasteiger partial charge in [-0.3, -0.25) is 4.79 Å². The lowest BCUT2D eigenvalue weighted by molar-refractivity contribution is -0.954. The van der Waals surface area contributed by atoms with Crippen molar-refractivity contribution < 1.29 is 14.9 Å². The topological polar surface area (TPSA) is 59.1 Å². The lowest BCUT2D eigenvalue weighted by Gasteiger charge is -2.37. The summed E-state index contributed by atoms with van der Waals surface area (Å²) in [6.45, 7) is 5.66. The smallest absolute Gasteiger partial charge is 0.288 e. The largest absolute Gasteiger partial charge is 0.870 e. The van der Waals surface area contributed by atoms with E-state index in [0.717, 1.165) is 12.8 Å². The van der Waals surface area contributed by atoms with Crippen LogP contribution in [0.4, 0.5) is 0 Å². The van der Waals surface area contributed by atoms with Crippen molar-refractivity contribution in [3.8, 4) is 0 Å². The molecule has 0 aromatic heterocycles. The van der Waals surface area contributed by atoms with Crippen molar-refractivity contribution in [2.45, 2.75) is 25.8 Å². The summed E-state index contributed by atoms with van der Waals surface area (Å²) >= 11 is 0. The summed E-state index contributed by atoms with van der Waals surface area (Å²) < 4.78 is 0.433. The van der Waals surface area contributed by atoms with E-state index >= 15 is 0 Å². The van der Waals surface area contributed by atoms with Crippen LogP contribution in [-0.2, 0) is 4.79 Å². The maximum atomic E-state index is 11.5. The average molecular weight is 264 g/mol. The molecule has 0 fully saturated rings. The van der Waals surface area contributed by atoms with Crippen molar-refractivity contribution in [2.24, 2.45) is 0 Å². The molecule has 0 bridgehead atoms.